The Morgan fingerprint density at radius 2 is 0.481 bits per heavy atom. The van der Waals surface area contributed by atoms with Crippen LogP contribution >= 0.6 is 0 Å². The number of carbonyl (C=O) groups excluding carboxylic acids is 3. The summed E-state index contributed by atoms with van der Waals surface area (Å²) >= 11 is 0. The molecule has 0 saturated heterocycles. The topological polar surface area (TPSA) is 78.9 Å². The number of allylic oxidation sites excluding steroid dienone is 14. The highest BCUT2D eigenvalue weighted by molar-refractivity contribution is 5.71. The Morgan fingerprint density at radius 3 is 0.753 bits per heavy atom. The third kappa shape index (κ3) is 67.3. The molecule has 1 unspecified atom stereocenters. The highest BCUT2D eigenvalue weighted by atomic mass is 16.6. The van der Waals surface area contributed by atoms with E-state index >= 15 is 0 Å². The fourth-order valence-corrected chi connectivity index (χ4v) is 10.2. The van der Waals surface area contributed by atoms with Crippen LogP contribution in [-0.4, -0.2) is 37.2 Å². The Kier molecular flexibility index (Phi) is 66.2. The first-order chi connectivity index (χ1) is 40.0. The molecule has 1 atom stereocenters. The molecular weight excluding hydrogens is 997 g/mol. The molecule has 0 aromatic carbocycles. The maximum Gasteiger partial charge on any atom is 0.306 e. The van der Waals surface area contributed by atoms with Crippen molar-refractivity contribution in [2.75, 3.05) is 13.2 Å². The minimum Gasteiger partial charge on any atom is -0.462 e. The summed E-state index contributed by atoms with van der Waals surface area (Å²) < 4.78 is 17.0. The third-order valence-corrected chi connectivity index (χ3v) is 15.4. The Hall–Kier alpha value is -3.41. The molecule has 0 aromatic heterocycles. The smallest absolute Gasteiger partial charge is 0.306 e. The van der Waals surface area contributed by atoms with Gasteiger partial charge in [0.05, 0.1) is 0 Å². The molecule has 0 spiro atoms. The molecule has 0 N–H and O–H groups in total. The van der Waals surface area contributed by atoms with Crippen molar-refractivity contribution < 1.29 is 28.6 Å². The molecule has 0 heterocycles. The summed E-state index contributed by atoms with van der Waals surface area (Å²) in [6.45, 7) is 6.44. The van der Waals surface area contributed by atoms with Crippen molar-refractivity contribution in [1.82, 2.24) is 0 Å². The van der Waals surface area contributed by atoms with Crippen molar-refractivity contribution >= 4 is 17.9 Å². The molecule has 0 bridgehead atoms. The van der Waals surface area contributed by atoms with E-state index in [0.717, 1.165) is 122 Å². The summed E-state index contributed by atoms with van der Waals surface area (Å²) in [6.07, 6.45) is 91.9. The van der Waals surface area contributed by atoms with Crippen LogP contribution in [0.15, 0.2) is 85.1 Å². The molecule has 6 heteroatoms. The minimum absolute atomic E-state index is 0.0872. The SMILES string of the molecule is CC/C=C\C/C=C\C/C=C\C/C=C\CCCCCCC(=O)OC(COC(=O)CCCCCCCCC/C=C\C/C=C\C/C=C\CC)COC(=O)CCCCCCCCCCCCCCCCCCCCCCCCCCCCCCC. The number of ether oxygens (including phenoxy) is 3. The second kappa shape index (κ2) is 69.1. The molecule has 81 heavy (non-hydrogen) atoms. The van der Waals surface area contributed by atoms with Gasteiger partial charge in [0.1, 0.15) is 13.2 Å². The number of hydrogen-bond donors (Lipinski definition) is 0. The molecule has 0 aromatic rings. The zero-order valence-electron chi connectivity index (χ0n) is 53.8. The van der Waals surface area contributed by atoms with E-state index in [2.05, 4.69) is 106 Å². The van der Waals surface area contributed by atoms with E-state index in [-0.39, 0.29) is 31.1 Å². The van der Waals surface area contributed by atoms with Gasteiger partial charge in [0.15, 0.2) is 6.10 Å². The van der Waals surface area contributed by atoms with Crippen LogP contribution < -0.4 is 0 Å². The number of hydrogen-bond acceptors (Lipinski definition) is 6. The third-order valence-electron chi connectivity index (χ3n) is 15.4. The van der Waals surface area contributed by atoms with Crippen molar-refractivity contribution in [3.63, 3.8) is 0 Å². The van der Waals surface area contributed by atoms with Crippen LogP contribution in [0.25, 0.3) is 0 Å². The first-order valence-corrected chi connectivity index (χ1v) is 35.1. The highest BCUT2D eigenvalue weighted by Crippen LogP contribution is 2.18. The van der Waals surface area contributed by atoms with E-state index in [9.17, 15) is 14.4 Å². The summed E-state index contributed by atoms with van der Waals surface area (Å²) in [7, 11) is 0. The van der Waals surface area contributed by atoms with E-state index in [1.54, 1.807) is 0 Å². The quantitative estimate of drug-likeness (QED) is 0.0261. The van der Waals surface area contributed by atoms with Gasteiger partial charge >= 0.3 is 17.9 Å². The van der Waals surface area contributed by atoms with Gasteiger partial charge in [-0.1, -0.05) is 331 Å². The molecular formula is C75H132O6. The van der Waals surface area contributed by atoms with Gasteiger partial charge in [-0.2, -0.15) is 0 Å². The summed E-state index contributed by atoms with van der Waals surface area (Å²) in [4.78, 5) is 38.4. The predicted octanol–water partition coefficient (Wildman–Crippen LogP) is 24.2. The van der Waals surface area contributed by atoms with Gasteiger partial charge in [0, 0.05) is 19.3 Å². The summed E-state index contributed by atoms with van der Waals surface area (Å²) in [6, 6.07) is 0. The van der Waals surface area contributed by atoms with Crippen LogP contribution in [0.5, 0.6) is 0 Å². The van der Waals surface area contributed by atoms with Gasteiger partial charge in [-0.25, -0.2) is 0 Å². The minimum atomic E-state index is -0.795. The lowest BCUT2D eigenvalue weighted by atomic mass is 10.0. The van der Waals surface area contributed by atoms with Gasteiger partial charge in [0.2, 0.25) is 0 Å². The van der Waals surface area contributed by atoms with E-state index in [0.29, 0.717) is 19.3 Å². The average molecular weight is 1130 g/mol. The number of esters is 3. The van der Waals surface area contributed by atoms with E-state index in [1.807, 2.05) is 0 Å². The van der Waals surface area contributed by atoms with Crippen LogP contribution in [0.1, 0.15) is 355 Å². The molecule has 0 saturated carbocycles. The van der Waals surface area contributed by atoms with Gasteiger partial charge in [0.25, 0.3) is 0 Å². The maximum absolute atomic E-state index is 12.9. The molecule has 0 amide bonds. The second-order valence-corrected chi connectivity index (χ2v) is 23.4. The second-order valence-electron chi connectivity index (χ2n) is 23.4. The van der Waals surface area contributed by atoms with Crippen LogP contribution in [0.3, 0.4) is 0 Å². The number of carbonyl (C=O) groups is 3. The average Bonchev–Trinajstić information content (AvgIpc) is 3.47. The van der Waals surface area contributed by atoms with Gasteiger partial charge in [-0.3, -0.25) is 14.4 Å². The maximum atomic E-state index is 12.9. The standard InChI is InChI=1S/C75H132O6/c1-4-7-10-13-16-19-22-25-28-31-32-33-34-35-36-37-38-39-40-41-42-45-47-50-53-56-59-62-65-68-74(77)80-71-72(81-75(78)69-66-63-60-57-54-51-48-44-30-27-24-21-18-15-12-9-6-3)70-79-73(76)67-64-61-58-55-52-49-46-43-29-26-23-20-17-14-11-8-5-2/h8-9,11-12,17-18,20-21,26-27,29-30,48,51,72H,4-7,10,13-16,19,22-25,28,31-47,49-50,52-71H2,1-3H3/b11-8-,12-9-,20-17-,21-18-,29-26-,30-27-,51-48-. The van der Waals surface area contributed by atoms with Gasteiger partial charge in [-0.15, -0.1) is 0 Å². The molecule has 0 aliphatic rings. The first-order valence-electron chi connectivity index (χ1n) is 35.1. The Balaban J connectivity index is 4.26. The first kappa shape index (κ1) is 77.6. The zero-order chi connectivity index (χ0) is 58.5. The van der Waals surface area contributed by atoms with Crippen LogP contribution in [0.4, 0.5) is 0 Å². The monoisotopic (exact) mass is 1130 g/mol. The Bertz CT molecular complexity index is 1530. The Labute approximate surface area is 503 Å². The molecule has 0 radical (unpaired) electrons. The van der Waals surface area contributed by atoms with Gasteiger partial charge < -0.3 is 14.2 Å². The molecule has 0 rings (SSSR count). The lowest BCUT2D eigenvalue weighted by molar-refractivity contribution is -0.167. The van der Waals surface area contributed by atoms with Crippen molar-refractivity contribution in [1.29, 1.82) is 0 Å². The lowest BCUT2D eigenvalue weighted by Crippen LogP contribution is -2.30. The zero-order valence-corrected chi connectivity index (χ0v) is 53.8. The van der Waals surface area contributed by atoms with E-state index in [1.165, 1.54) is 193 Å². The van der Waals surface area contributed by atoms with Crippen LogP contribution in [-0.2, 0) is 28.6 Å². The van der Waals surface area contributed by atoms with Crippen molar-refractivity contribution in [3.05, 3.63) is 85.1 Å². The molecule has 468 valence electrons. The molecule has 0 fully saturated rings. The van der Waals surface area contributed by atoms with Crippen LogP contribution in [0.2, 0.25) is 0 Å². The lowest BCUT2D eigenvalue weighted by Gasteiger charge is -2.18. The Morgan fingerprint density at radius 1 is 0.259 bits per heavy atom. The van der Waals surface area contributed by atoms with Crippen molar-refractivity contribution in [3.8, 4) is 0 Å². The highest BCUT2D eigenvalue weighted by Gasteiger charge is 2.19. The van der Waals surface area contributed by atoms with E-state index in [4.69, 9.17) is 14.2 Å². The van der Waals surface area contributed by atoms with Gasteiger partial charge in [-0.05, 0) is 89.9 Å². The summed E-state index contributed by atoms with van der Waals surface area (Å²) in [5.74, 6) is -0.905. The predicted molar refractivity (Wildman–Crippen MR) is 353 cm³/mol. The molecule has 6 nitrogen and oxygen atoms in total. The van der Waals surface area contributed by atoms with Crippen LogP contribution in [0, 0.1) is 0 Å². The summed E-state index contributed by atoms with van der Waals surface area (Å²) in [5, 5.41) is 0. The largest absolute Gasteiger partial charge is 0.462 e. The van der Waals surface area contributed by atoms with E-state index < -0.39 is 6.10 Å². The van der Waals surface area contributed by atoms with Crippen molar-refractivity contribution in [2.45, 2.75) is 361 Å². The molecule has 0 aliphatic carbocycles. The number of rotatable bonds is 64. The fourth-order valence-electron chi connectivity index (χ4n) is 10.2. The normalized spacial score (nSPS) is 12.6. The number of unbranched alkanes of at least 4 members (excludes halogenated alkanes) is 39. The fraction of sp³-hybridized carbons (Fsp3) is 0.773. The molecule has 0 aliphatic heterocycles. The summed E-state index contributed by atoms with van der Waals surface area (Å²) in [5.41, 5.74) is 0. The van der Waals surface area contributed by atoms with Crippen molar-refractivity contribution in [2.24, 2.45) is 0 Å².